The summed E-state index contributed by atoms with van der Waals surface area (Å²) in [6.07, 6.45) is 2.22. The van der Waals surface area contributed by atoms with Crippen LogP contribution in [0.25, 0.3) is 0 Å². The van der Waals surface area contributed by atoms with E-state index in [1.165, 1.54) is 36.4 Å². The molecule has 0 radical (unpaired) electrons. The number of carbonyl (C=O) groups is 7. The molecule has 0 bridgehead atoms. The van der Waals surface area contributed by atoms with Gasteiger partial charge in [-0.1, -0.05) is 26.0 Å². The van der Waals surface area contributed by atoms with Crippen molar-refractivity contribution in [1.29, 1.82) is 0 Å². The first-order valence-electron chi connectivity index (χ1n) is 17.1. The fourth-order valence-corrected chi connectivity index (χ4v) is 5.06. The largest absolute Gasteiger partial charge is 0.514 e. The predicted molar refractivity (Wildman–Crippen MR) is 192 cm³/mol. The Bertz CT molecular complexity index is 1680. The van der Waals surface area contributed by atoms with E-state index in [4.69, 9.17) is 15.2 Å². The van der Waals surface area contributed by atoms with Gasteiger partial charge in [0.1, 0.15) is 18.4 Å². The third kappa shape index (κ3) is 14.3. The Morgan fingerprint density at radius 2 is 1.54 bits per heavy atom. The Labute approximate surface area is 310 Å². The Kier molecular flexibility index (Phi) is 16.5. The Morgan fingerprint density at radius 3 is 2.15 bits per heavy atom. The van der Waals surface area contributed by atoms with Gasteiger partial charge in [0.05, 0.1) is 11.0 Å². The van der Waals surface area contributed by atoms with Gasteiger partial charge in [-0.25, -0.2) is 9.59 Å². The number of benzene rings is 2. The molecule has 7 N–H and O–H groups in total. The minimum atomic E-state index is -1.02. The lowest BCUT2D eigenvalue weighted by molar-refractivity contribution is -0.384. The molecule has 19 nitrogen and oxygen atoms in total. The van der Waals surface area contributed by atoms with E-state index in [0.717, 1.165) is 4.90 Å². The van der Waals surface area contributed by atoms with E-state index in [1.54, 1.807) is 24.3 Å². The summed E-state index contributed by atoms with van der Waals surface area (Å²) < 4.78 is 10.1. The molecule has 0 saturated carbocycles. The molecule has 19 heteroatoms. The van der Waals surface area contributed by atoms with Gasteiger partial charge in [-0.05, 0) is 55.0 Å². The molecule has 1 aliphatic heterocycles. The van der Waals surface area contributed by atoms with Crippen LogP contribution in [0.5, 0.6) is 5.75 Å². The van der Waals surface area contributed by atoms with Gasteiger partial charge < -0.3 is 41.8 Å². The molecule has 0 unspecified atom stereocenters. The molecule has 0 fully saturated rings. The summed E-state index contributed by atoms with van der Waals surface area (Å²) in [5.74, 6) is -2.22. The minimum absolute atomic E-state index is 0.0643. The van der Waals surface area contributed by atoms with Crippen molar-refractivity contribution < 1.29 is 48.0 Å². The van der Waals surface area contributed by atoms with E-state index < -0.39 is 52.8 Å². The fraction of sp³-hybridized carbons (Fsp3) is 0.400. The Balaban J connectivity index is 1.49. The van der Waals surface area contributed by atoms with Crippen LogP contribution in [-0.4, -0.2) is 89.8 Å². The zero-order valence-electron chi connectivity index (χ0n) is 29.8. The molecule has 1 aliphatic rings. The van der Waals surface area contributed by atoms with Crippen LogP contribution < -0.4 is 37.1 Å². The van der Waals surface area contributed by atoms with Gasteiger partial charge in [-0.2, -0.15) is 0 Å². The summed E-state index contributed by atoms with van der Waals surface area (Å²) in [5.41, 5.74) is 5.93. The van der Waals surface area contributed by atoms with Gasteiger partial charge in [-0.15, -0.1) is 0 Å². The number of urea groups is 1. The standard InChI is InChI=1S/C35H44N8O11/c1-22(2)31(38-19-18-37-28(44)6-4-20-42-29(45)15-16-30(42)46)33(48)41-27(5-3-17-39-34(36)49)32(47)40-24-9-7-23(8-10-24)21-53-35(50)54-26-13-11-25(12-14-26)43(51)52/h7-16,22,27,31,38H,3-6,17-21H2,1-2H3,(H,37,44)(H,40,47)(H,41,48)(H3,36,39,49)/t27-,31-/m0/s1. The highest BCUT2D eigenvalue weighted by Crippen LogP contribution is 2.18. The molecule has 0 aliphatic carbocycles. The molecular weight excluding hydrogens is 708 g/mol. The second kappa shape index (κ2) is 21.2. The van der Waals surface area contributed by atoms with Gasteiger partial charge >= 0.3 is 12.2 Å². The molecule has 0 saturated heterocycles. The van der Waals surface area contributed by atoms with Gasteiger partial charge in [0.25, 0.3) is 17.5 Å². The van der Waals surface area contributed by atoms with E-state index in [9.17, 15) is 43.7 Å². The number of ether oxygens (including phenoxy) is 2. The lowest BCUT2D eigenvalue weighted by Crippen LogP contribution is -2.54. The lowest BCUT2D eigenvalue weighted by Gasteiger charge is -2.25. The maximum Gasteiger partial charge on any atom is 0.514 e. The zero-order chi connectivity index (χ0) is 39.6. The molecular formula is C35H44N8O11. The number of anilines is 1. The molecule has 3 rings (SSSR count). The SMILES string of the molecule is CC(C)[C@H](NCCNC(=O)CCCN1C(=O)C=CC1=O)C(=O)N[C@@H](CCCNC(N)=O)C(=O)Nc1ccc(COC(=O)Oc2ccc([N+](=O)[O-])cc2)cc1. The Morgan fingerprint density at radius 1 is 0.870 bits per heavy atom. The molecule has 290 valence electrons. The van der Waals surface area contributed by atoms with Gasteiger partial charge in [0.2, 0.25) is 17.7 Å². The van der Waals surface area contributed by atoms with Crippen molar-refractivity contribution >= 4 is 53.1 Å². The Hall–Kier alpha value is -6.37. The summed E-state index contributed by atoms with van der Waals surface area (Å²) >= 11 is 0. The van der Waals surface area contributed by atoms with Crippen LogP contribution >= 0.6 is 0 Å². The summed E-state index contributed by atoms with van der Waals surface area (Å²) in [6, 6.07) is 8.78. The number of hydrogen-bond acceptors (Lipinski definition) is 12. The quantitative estimate of drug-likeness (QED) is 0.0265. The number of non-ortho nitro benzene ring substituents is 1. The van der Waals surface area contributed by atoms with Gasteiger partial charge in [0.15, 0.2) is 0 Å². The summed E-state index contributed by atoms with van der Waals surface area (Å²) in [6.45, 7) is 4.20. The average molecular weight is 753 g/mol. The first kappa shape index (κ1) is 42.0. The van der Waals surface area contributed by atoms with Crippen molar-refractivity contribution in [3.63, 3.8) is 0 Å². The van der Waals surface area contributed by atoms with Crippen LogP contribution in [0.4, 0.5) is 21.0 Å². The molecule has 2 aromatic carbocycles. The van der Waals surface area contributed by atoms with Crippen molar-refractivity contribution in [2.45, 2.75) is 58.2 Å². The molecule has 7 amide bonds. The lowest BCUT2D eigenvalue weighted by atomic mass is 10.0. The van der Waals surface area contributed by atoms with Crippen LogP contribution in [0.3, 0.4) is 0 Å². The monoisotopic (exact) mass is 752 g/mol. The van der Waals surface area contributed by atoms with Crippen LogP contribution in [0.1, 0.15) is 45.1 Å². The number of nitrogens with two attached hydrogens (primary N) is 1. The van der Waals surface area contributed by atoms with Crippen LogP contribution in [-0.2, 0) is 35.3 Å². The topological polar surface area (TPSA) is 270 Å². The first-order chi connectivity index (χ1) is 25.7. The number of nitro benzene ring substituents is 1. The van der Waals surface area contributed by atoms with E-state index in [0.29, 0.717) is 24.1 Å². The van der Waals surface area contributed by atoms with Gasteiger partial charge in [-0.3, -0.25) is 39.0 Å². The second-order valence-electron chi connectivity index (χ2n) is 12.4. The number of nitrogens with one attached hydrogen (secondary N) is 5. The van der Waals surface area contributed by atoms with Crippen LogP contribution in [0.15, 0.2) is 60.7 Å². The maximum atomic E-state index is 13.4. The van der Waals surface area contributed by atoms with E-state index in [2.05, 4.69) is 26.6 Å². The molecule has 0 aromatic heterocycles. The third-order valence-corrected chi connectivity index (χ3v) is 7.88. The number of amides is 7. The van der Waals surface area contributed by atoms with E-state index >= 15 is 0 Å². The number of nitro groups is 1. The molecule has 2 atom stereocenters. The highest BCUT2D eigenvalue weighted by molar-refractivity contribution is 6.12. The molecule has 54 heavy (non-hydrogen) atoms. The zero-order valence-corrected chi connectivity index (χ0v) is 29.8. The summed E-state index contributed by atoms with van der Waals surface area (Å²) in [4.78, 5) is 96.7. The second-order valence-corrected chi connectivity index (χ2v) is 12.4. The highest BCUT2D eigenvalue weighted by atomic mass is 16.7. The minimum Gasteiger partial charge on any atom is -0.429 e. The summed E-state index contributed by atoms with van der Waals surface area (Å²) in [7, 11) is 0. The van der Waals surface area contributed by atoms with Crippen LogP contribution in [0, 0.1) is 16.0 Å². The average Bonchev–Trinajstić information content (AvgIpc) is 3.44. The number of nitrogens with zero attached hydrogens (tertiary/aromatic N) is 2. The normalized spacial score (nSPS) is 13.2. The van der Waals surface area contributed by atoms with Crippen molar-refractivity contribution in [3.8, 4) is 5.75 Å². The number of imide groups is 1. The molecule has 0 spiro atoms. The maximum absolute atomic E-state index is 13.4. The number of hydrogen-bond donors (Lipinski definition) is 6. The number of carbonyl (C=O) groups excluding carboxylic acids is 7. The summed E-state index contributed by atoms with van der Waals surface area (Å²) in [5, 5.41) is 24.6. The van der Waals surface area contributed by atoms with Crippen LogP contribution in [0.2, 0.25) is 0 Å². The van der Waals surface area contributed by atoms with Crippen molar-refractivity contribution in [2.24, 2.45) is 11.7 Å². The first-order valence-corrected chi connectivity index (χ1v) is 17.1. The predicted octanol–water partition coefficient (Wildman–Crippen LogP) is 1.62. The molecule has 2 aromatic rings. The smallest absolute Gasteiger partial charge is 0.429 e. The van der Waals surface area contributed by atoms with Gasteiger partial charge in [0, 0.05) is 62.6 Å². The third-order valence-electron chi connectivity index (χ3n) is 7.88. The highest BCUT2D eigenvalue weighted by Gasteiger charge is 2.28. The molecule has 1 heterocycles. The number of primary amides is 1. The van der Waals surface area contributed by atoms with E-state index in [1.807, 2.05) is 13.8 Å². The van der Waals surface area contributed by atoms with Crippen molar-refractivity contribution in [1.82, 2.24) is 26.2 Å². The van der Waals surface area contributed by atoms with E-state index in [-0.39, 0.29) is 68.9 Å². The number of rotatable bonds is 21. The van der Waals surface area contributed by atoms with Crippen molar-refractivity contribution in [3.05, 3.63) is 76.4 Å². The van der Waals surface area contributed by atoms with Crippen molar-refractivity contribution in [2.75, 3.05) is 31.5 Å². The fourth-order valence-electron chi connectivity index (χ4n) is 5.06.